The van der Waals surface area contributed by atoms with E-state index in [4.69, 9.17) is 5.73 Å². The van der Waals surface area contributed by atoms with E-state index in [1.165, 1.54) is 19.3 Å². The van der Waals surface area contributed by atoms with Crippen molar-refractivity contribution in [3.63, 3.8) is 0 Å². The van der Waals surface area contributed by atoms with Crippen LogP contribution in [0.2, 0.25) is 0 Å². The fourth-order valence-electron chi connectivity index (χ4n) is 3.38. The summed E-state index contributed by atoms with van der Waals surface area (Å²) in [5.74, 6) is 0.741. The van der Waals surface area contributed by atoms with Crippen LogP contribution in [0.15, 0.2) is 0 Å². The van der Waals surface area contributed by atoms with Crippen molar-refractivity contribution in [3.8, 4) is 0 Å². The number of carbonyl (C=O) groups excluding carboxylic acids is 1. The van der Waals surface area contributed by atoms with Crippen LogP contribution in [0.3, 0.4) is 0 Å². The topological polar surface area (TPSA) is 46.3 Å². The number of amides is 1. The van der Waals surface area contributed by atoms with Gasteiger partial charge in [-0.15, -0.1) is 0 Å². The molecule has 2 rings (SSSR count). The lowest BCUT2D eigenvalue weighted by Gasteiger charge is -2.31. The molecule has 1 saturated carbocycles. The van der Waals surface area contributed by atoms with Crippen LogP contribution in [0.25, 0.3) is 0 Å². The molecule has 2 N–H and O–H groups in total. The van der Waals surface area contributed by atoms with Crippen LogP contribution >= 0.6 is 0 Å². The molecule has 2 fully saturated rings. The number of nitrogens with two attached hydrogens (primary N) is 1. The summed E-state index contributed by atoms with van der Waals surface area (Å²) in [6.45, 7) is 3.01. The Morgan fingerprint density at radius 1 is 1.24 bits per heavy atom. The maximum atomic E-state index is 12.5. The molecule has 0 bridgehead atoms. The number of hydrogen-bond donors (Lipinski definition) is 1. The van der Waals surface area contributed by atoms with Gasteiger partial charge in [-0.05, 0) is 39.0 Å². The van der Waals surface area contributed by atoms with E-state index in [0.717, 1.165) is 38.6 Å². The van der Waals surface area contributed by atoms with Crippen LogP contribution in [0, 0.1) is 5.92 Å². The van der Waals surface area contributed by atoms with Gasteiger partial charge in [0.2, 0.25) is 5.91 Å². The van der Waals surface area contributed by atoms with Crippen molar-refractivity contribution < 1.29 is 4.79 Å². The lowest BCUT2D eigenvalue weighted by Crippen LogP contribution is -2.42. The van der Waals surface area contributed by atoms with E-state index in [0.29, 0.717) is 17.9 Å². The third-order valence-corrected chi connectivity index (χ3v) is 4.26. The van der Waals surface area contributed by atoms with E-state index >= 15 is 0 Å². The number of hydrogen-bond acceptors (Lipinski definition) is 2. The fraction of sp³-hybridized carbons (Fsp3) is 0.929. The van der Waals surface area contributed by atoms with Gasteiger partial charge in [-0.2, -0.15) is 0 Å². The average molecular weight is 238 g/mol. The van der Waals surface area contributed by atoms with Gasteiger partial charge in [0.15, 0.2) is 0 Å². The fourth-order valence-corrected chi connectivity index (χ4v) is 3.38. The van der Waals surface area contributed by atoms with Gasteiger partial charge < -0.3 is 10.6 Å². The van der Waals surface area contributed by atoms with E-state index in [1.54, 1.807) is 0 Å². The molecule has 3 nitrogen and oxygen atoms in total. The summed E-state index contributed by atoms with van der Waals surface area (Å²) in [5, 5.41) is 0. The molecule has 0 spiro atoms. The zero-order valence-corrected chi connectivity index (χ0v) is 11.0. The van der Waals surface area contributed by atoms with Crippen molar-refractivity contribution in [2.45, 2.75) is 70.4 Å². The second-order valence-corrected chi connectivity index (χ2v) is 5.88. The first-order valence-electron chi connectivity index (χ1n) is 7.24. The molecule has 3 heteroatoms. The second-order valence-electron chi connectivity index (χ2n) is 5.88. The highest BCUT2D eigenvalue weighted by Crippen LogP contribution is 2.29. The monoisotopic (exact) mass is 238 g/mol. The predicted molar refractivity (Wildman–Crippen MR) is 69.6 cm³/mol. The summed E-state index contributed by atoms with van der Waals surface area (Å²) in [4.78, 5) is 14.6. The highest BCUT2D eigenvalue weighted by atomic mass is 16.2. The summed E-state index contributed by atoms with van der Waals surface area (Å²) in [6, 6.07) is 0.629. The van der Waals surface area contributed by atoms with Crippen molar-refractivity contribution in [2.24, 2.45) is 11.7 Å². The third-order valence-electron chi connectivity index (χ3n) is 4.26. The first kappa shape index (κ1) is 12.9. The number of rotatable bonds is 3. The molecule has 2 aliphatic rings. The minimum Gasteiger partial charge on any atom is -0.339 e. The van der Waals surface area contributed by atoms with E-state index in [2.05, 4.69) is 4.90 Å². The van der Waals surface area contributed by atoms with Crippen molar-refractivity contribution >= 4 is 5.91 Å². The number of nitrogens with zero attached hydrogens (tertiary/aromatic N) is 1. The largest absolute Gasteiger partial charge is 0.339 e. The Labute approximate surface area is 105 Å². The van der Waals surface area contributed by atoms with Gasteiger partial charge in [-0.3, -0.25) is 4.79 Å². The molecule has 0 aromatic carbocycles. The maximum Gasteiger partial charge on any atom is 0.225 e. The van der Waals surface area contributed by atoms with Gasteiger partial charge in [0.25, 0.3) is 0 Å². The minimum absolute atomic E-state index is 0.208. The van der Waals surface area contributed by atoms with Crippen molar-refractivity contribution in [2.75, 3.05) is 6.54 Å². The van der Waals surface area contributed by atoms with Gasteiger partial charge in [0.1, 0.15) is 0 Å². The minimum atomic E-state index is 0.208. The van der Waals surface area contributed by atoms with Crippen molar-refractivity contribution in [1.82, 2.24) is 4.90 Å². The summed E-state index contributed by atoms with van der Waals surface area (Å²) in [6.07, 6.45) is 9.30. The number of carbonyl (C=O) groups is 1. The molecule has 2 unspecified atom stereocenters. The summed E-state index contributed by atoms with van der Waals surface area (Å²) in [7, 11) is 0. The molecule has 1 amide bonds. The van der Waals surface area contributed by atoms with Crippen LogP contribution in [0.5, 0.6) is 0 Å². The smallest absolute Gasteiger partial charge is 0.225 e. The third kappa shape index (κ3) is 3.21. The Balaban J connectivity index is 1.92. The first-order chi connectivity index (χ1) is 8.18. The van der Waals surface area contributed by atoms with Gasteiger partial charge in [-0.1, -0.05) is 19.3 Å². The normalized spacial score (nSPS) is 28.4. The summed E-state index contributed by atoms with van der Waals surface area (Å²) in [5.41, 5.74) is 5.88. The van der Waals surface area contributed by atoms with E-state index in [9.17, 15) is 4.79 Å². The molecular weight excluding hydrogens is 212 g/mol. The van der Waals surface area contributed by atoms with Crippen LogP contribution in [-0.4, -0.2) is 29.4 Å². The quantitative estimate of drug-likeness (QED) is 0.820. The molecule has 0 aromatic rings. The molecular formula is C14H26N2O. The van der Waals surface area contributed by atoms with E-state index < -0.39 is 0 Å². The van der Waals surface area contributed by atoms with Crippen LogP contribution < -0.4 is 5.73 Å². The molecule has 0 aromatic heterocycles. The number of likely N-dealkylation sites (tertiary alicyclic amines) is 1. The zero-order chi connectivity index (χ0) is 12.3. The van der Waals surface area contributed by atoms with Gasteiger partial charge in [0, 0.05) is 24.5 Å². The predicted octanol–water partition coefficient (Wildman–Crippen LogP) is 2.29. The Bertz CT molecular complexity index is 259. The average Bonchev–Trinajstić information content (AvgIpc) is 2.76. The van der Waals surface area contributed by atoms with Gasteiger partial charge >= 0.3 is 0 Å². The molecule has 1 aliphatic heterocycles. The van der Waals surface area contributed by atoms with Gasteiger partial charge in [0.05, 0.1) is 0 Å². The zero-order valence-electron chi connectivity index (χ0n) is 11.0. The Morgan fingerprint density at radius 3 is 2.59 bits per heavy atom. The maximum absolute atomic E-state index is 12.5. The Kier molecular flexibility index (Phi) is 4.43. The van der Waals surface area contributed by atoms with E-state index in [-0.39, 0.29) is 6.04 Å². The van der Waals surface area contributed by atoms with E-state index in [1.807, 2.05) is 6.92 Å². The molecule has 17 heavy (non-hydrogen) atoms. The summed E-state index contributed by atoms with van der Waals surface area (Å²) < 4.78 is 0. The molecule has 1 aliphatic carbocycles. The first-order valence-corrected chi connectivity index (χ1v) is 7.24. The van der Waals surface area contributed by atoms with Crippen molar-refractivity contribution in [1.29, 1.82) is 0 Å². The SMILES string of the molecule is CC(N)CC1CCCN1C(=O)C1CCCCC1. The molecule has 0 radical (unpaired) electrons. The highest BCUT2D eigenvalue weighted by Gasteiger charge is 2.33. The highest BCUT2D eigenvalue weighted by molar-refractivity contribution is 5.79. The lowest BCUT2D eigenvalue weighted by molar-refractivity contribution is -0.137. The molecule has 1 saturated heterocycles. The Morgan fingerprint density at radius 2 is 1.94 bits per heavy atom. The lowest BCUT2D eigenvalue weighted by atomic mass is 9.88. The van der Waals surface area contributed by atoms with Crippen LogP contribution in [0.1, 0.15) is 58.3 Å². The molecule has 2 atom stereocenters. The van der Waals surface area contributed by atoms with Crippen LogP contribution in [-0.2, 0) is 4.79 Å². The van der Waals surface area contributed by atoms with Gasteiger partial charge in [-0.25, -0.2) is 0 Å². The standard InChI is InChI=1S/C14H26N2O/c1-11(15)10-13-8-5-9-16(13)14(17)12-6-3-2-4-7-12/h11-13H,2-10,15H2,1H3. The molecule has 98 valence electrons. The van der Waals surface area contributed by atoms with Crippen molar-refractivity contribution in [3.05, 3.63) is 0 Å². The second kappa shape index (κ2) is 5.85. The molecule has 1 heterocycles. The summed E-state index contributed by atoms with van der Waals surface area (Å²) >= 11 is 0. The Hall–Kier alpha value is -0.570. The van der Waals surface area contributed by atoms with Crippen LogP contribution in [0.4, 0.5) is 0 Å².